The van der Waals surface area contributed by atoms with Crippen molar-refractivity contribution in [2.24, 2.45) is 5.41 Å². The molecule has 1 N–H and O–H groups in total. The summed E-state index contributed by atoms with van der Waals surface area (Å²) in [4.78, 5) is 40.6. The van der Waals surface area contributed by atoms with E-state index in [0.29, 0.717) is 44.2 Å². The lowest BCUT2D eigenvalue weighted by molar-refractivity contribution is -0.142. The first-order valence-corrected chi connectivity index (χ1v) is 17.0. The van der Waals surface area contributed by atoms with Gasteiger partial charge in [-0.1, -0.05) is 24.3 Å². The average Bonchev–Trinajstić information content (AvgIpc) is 3.65. The summed E-state index contributed by atoms with van der Waals surface area (Å²) in [6, 6.07) is 14.1. The highest BCUT2D eigenvalue weighted by molar-refractivity contribution is 5.92. The number of hydrogen-bond donors (Lipinski definition) is 1. The smallest absolute Gasteiger partial charge is 0.407 e. The number of esters is 1. The predicted molar refractivity (Wildman–Crippen MR) is 187 cm³/mol. The Balaban J connectivity index is 1.45. The largest absolute Gasteiger partial charge is 0.465 e. The summed E-state index contributed by atoms with van der Waals surface area (Å²) in [6.07, 6.45) is 3.82. The molecule has 0 saturated carbocycles. The molecule has 4 heterocycles. The molecule has 2 atom stereocenters. The van der Waals surface area contributed by atoms with Crippen LogP contribution >= 0.6 is 0 Å². The van der Waals surface area contributed by atoms with Crippen LogP contribution in [0.1, 0.15) is 58.1 Å². The molecule has 0 unspecified atom stereocenters. The molecular formula is C37H45N7O5. The van der Waals surface area contributed by atoms with E-state index in [-0.39, 0.29) is 31.0 Å². The van der Waals surface area contributed by atoms with Gasteiger partial charge in [0.15, 0.2) is 5.82 Å². The number of amides is 1. The summed E-state index contributed by atoms with van der Waals surface area (Å²) in [5.41, 5.74) is 2.89. The second-order valence-corrected chi connectivity index (χ2v) is 14.1. The van der Waals surface area contributed by atoms with Crippen LogP contribution in [0.3, 0.4) is 0 Å². The van der Waals surface area contributed by atoms with Crippen LogP contribution in [0, 0.1) is 16.7 Å². The third kappa shape index (κ3) is 7.13. The molecule has 6 rings (SSSR count). The highest BCUT2D eigenvalue weighted by atomic mass is 16.5. The number of nitrogens with zero attached hydrogens (tertiary/aromatic N) is 7. The normalized spacial score (nSPS) is 18.6. The Hall–Kier alpha value is -4.89. The number of anilines is 1. The maximum Gasteiger partial charge on any atom is 0.407 e. The van der Waals surface area contributed by atoms with Gasteiger partial charge in [0.1, 0.15) is 23.4 Å². The van der Waals surface area contributed by atoms with Crippen LogP contribution in [-0.4, -0.2) is 93.4 Å². The standard InChI is InChI=1S/C37H45N7O5/c1-6-42-21-26(18-25-20-29(49-34(45)37(2,3)4)19-24-10-7-8-12-30(24)25)31-32(42)33(40-35(39-31)48-23-28-11-9-15-41(28)5)43-16-17-44(36(46)47)27(22-43)13-14-38/h7-8,10,12,19-21,27-28H,6,9,11,13,15-18,22-23H2,1-5H3,(H,46,47)/t27-,28-/m0/s1. The van der Waals surface area contributed by atoms with Crippen LogP contribution < -0.4 is 14.4 Å². The zero-order chi connectivity index (χ0) is 34.9. The summed E-state index contributed by atoms with van der Waals surface area (Å²) >= 11 is 0. The number of carbonyl (C=O) groups excluding carboxylic acids is 1. The van der Waals surface area contributed by atoms with E-state index in [4.69, 9.17) is 19.4 Å². The third-order valence-electron chi connectivity index (χ3n) is 9.64. The maximum absolute atomic E-state index is 12.9. The first-order chi connectivity index (χ1) is 23.5. The van der Waals surface area contributed by atoms with Crippen molar-refractivity contribution in [3.8, 4) is 17.8 Å². The molecule has 2 fully saturated rings. The van der Waals surface area contributed by atoms with Crippen LogP contribution in [0.5, 0.6) is 11.8 Å². The number of piperazine rings is 1. The fourth-order valence-corrected chi connectivity index (χ4v) is 6.86. The molecule has 1 amide bonds. The number of fused-ring (bicyclic) bond motifs is 2. The van der Waals surface area contributed by atoms with Gasteiger partial charge in [0.05, 0.1) is 23.9 Å². The molecule has 2 aromatic heterocycles. The monoisotopic (exact) mass is 667 g/mol. The van der Waals surface area contributed by atoms with Crippen molar-refractivity contribution in [3.05, 3.63) is 53.7 Å². The number of ether oxygens (including phenoxy) is 2. The van der Waals surface area contributed by atoms with E-state index in [9.17, 15) is 20.0 Å². The fraction of sp³-hybridized carbons (Fsp3) is 0.486. The Morgan fingerprint density at radius 3 is 2.57 bits per heavy atom. The number of likely N-dealkylation sites (N-methyl/N-ethyl adjacent to an activating group) is 1. The van der Waals surface area contributed by atoms with E-state index < -0.39 is 17.6 Å². The van der Waals surface area contributed by atoms with Crippen LogP contribution in [-0.2, 0) is 17.8 Å². The Labute approximate surface area is 286 Å². The molecule has 2 aromatic carbocycles. The van der Waals surface area contributed by atoms with Gasteiger partial charge in [-0.25, -0.2) is 4.79 Å². The average molecular weight is 668 g/mol. The Kier molecular flexibility index (Phi) is 9.65. The van der Waals surface area contributed by atoms with Crippen molar-refractivity contribution >= 4 is 39.7 Å². The summed E-state index contributed by atoms with van der Waals surface area (Å²) < 4.78 is 14.3. The zero-order valence-electron chi connectivity index (χ0n) is 29.0. The molecule has 258 valence electrons. The van der Waals surface area contributed by atoms with Crippen molar-refractivity contribution in [2.45, 2.75) is 72.0 Å². The topological polar surface area (TPSA) is 137 Å². The molecule has 12 heteroatoms. The number of aryl methyl sites for hydroxylation is 1. The molecule has 0 bridgehead atoms. The van der Waals surface area contributed by atoms with Crippen molar-refractivity contribution in [2.75, 3.05) is 44.7 Å². The number of nitriles is 1. The quantitative estimate of drug-likeness (QED) is 0.175. The Bertz CT molecular complexity index is 1910. The first-order valence-electron chi connectivity index (χ1n) is 17.0. The van der Waals surface area contributed by atoms with E-state index in [1.54, 1.807) is 0 Å². The van der Waals surface area contributed by atoms with Crippen molar-refractivity contribution in [1.82, 2.24) is 24.3 Å². The minimum absolute atomic E-state index is 0.0810. The Morgan fingerprint density at radius 1 is 1.08 bits per heavy atom. The van der Waals surface area contributed by atoms with Gasteiger partial charge in [0.25, 0.3) is 0 Å². The summed E-state index contributed by atoms with van der Waals surface area (Å²) in [7, 11) is 2.10. The minimum Gasteiger partial charge on any atom is -0.465 e. The molecule has 12 nitrogen and oxygen atoms in total. The fourth-order valence-electron chi connectivity index (χ4n) is 6.86. The number of carbonyl (C=O) groups is 2. The molecule has 4 aromatic rings. The van der Waals surface area contributed by atoms with Crippen molar-refractivity contribution in [3.63, 3.8) is 0 Å². The van der Waals surface area contributed by atoms with Gasteiger partial charge in [-0.3, -0.25) is 4.79 Å². The van der Waals surface area contributed by atoms with Crippen molar-refractivity contribution < 1.29 is 24.2 Å². The minimum atomic E-state index is -1.03. The predicted octanol–water partition coefficient (Wildman–Crippen LogP) is 5.70. The van der Waals surface area contributed by atoms with Gasteiger partial charge in [0, 0.05) is 50.4 Å². The highest BCUT2D eigenvalue weighted by Gasteiger charge is 2.33. The Morgan fingerprint density at radius 2 is 1.88 bits per heavy atom. The second kappa shape index (κ2) is 13.9. The van der Waals surface area contributed by atoms with Gasteiger partial charge < -0.3 is 33.8 Å². The zero-order valence-corrected chi connectivity index (χ0v) is 29.0. The molecule has 0 aliphatic carbocycles. The molecule has 2 saturated heterocycles. The highest BCUT2D eigenvalue weighted by Crippen LogP contribution is 2.35. The number of hydrogen-bond acceptors (Lipinski definition) is 9. The van der Waals surface area contributed by atoms with Crippen LogP contribution in [0.2, 0.25) is 0 Å². The number of benzene rings is 2. The van der Waals surface area contributed by atoms with E-state index in [2.05, 4.69) is 46.7 Å². The first kappa shape index (κ1) is 34.0. The lowest BCUT2D eigenvalue weighted by atomic mass is 9.97. The van der Waals surface area contributed by atoms with Gasteiger partial charge in [-0.2, -0.15) is 15.2 Å². The second-order valence-electron chi connectivity index (χ2n) is 14.1. The van der Waals surface area contributed by atoms with Gasteiger partial charge in [-0.15, -0.1) is 0 Å². The number of likely N-dealkylation sites (tertiary alicyclic amines) is 1. The van der Waals surface area contributed by atoms with Gasteiger partial charge in [-0.05, 0) is 82.6 Å². The number of rotatable bonds is 9. The molecule has 0 radical (unpaired) electrons. The summed E-state index contributed by atoms with van der Waals surface area (Å²) in [5.74, 6) is 0.854. The summed E-state index contributed by atoms with van der Waals surface area (Å²) in [5, 5.41) is 21.4. The number of carboxylic acid groups (broad SMARTS) is 1. The lowest BCUT2D eigenvalue weighted by Crippen LogP contribution is -2.55. The number of aromatic nitrogens is 3. The maximum atomic E-state index is 12.9. The van der Waals surface area contributed by atoms with Crippen molar-refractivity contribution in [1.29, 1.82) is 5.26 Å². The SMILES string of the molecule is CCn1cc(Cc2cc(OC(=O)C(C)(C)C)cc3ccccc23)c2nc(OC[C@@H]3CCCN3C)nc(N3CCN(C(=O)O)[C@@H](CC#N)C3)c21. The molecule has 49 heavy (non-hydrogen) atoms. The summed E-state index contributed by atoms with van der Waals surface area (Å²) in [6.45, 7) is 10.7. The third-order valence-corrected chi connectivity index (χ3v) is 9.64. The van der Waals surface area contributed by atoms with E-state index in [1.165, 1.54) is 4.90 Å². The van der Waals surface area contributed by atoms with Crippen LogP contribution in [0.15, 0.2) is 42.6 Å². The van der Waals surface area contributed by atoms with Crippen LogP contribution in [0.4, 0.5) is 10.6 Å². The van der Waals surface area contributed by atoms with Gasteiger partial charge >= 0.3 is 18.1 Å². The van der Waals surface area contributed by atoms with Crippen LogP contribution in [0.25, 0.3) is 21.8 Å². The van der Waals surface area contributed by atoms with E-state index >= 15 is 0 Å². The lowest BCUT2D eigenvalue weighted by Gasteiger charge is -2.39. The van der Waals surface area contributed by atoms with E-state index in [0.717, 1.165) is 52.3 Å². The molecule has 0 spiro atoms. The molecule has 2 aliphatic heterocycles. The molecule has 2 aliphatic rings. The van der Waals surface area contributed by atoms with E-state index in [1.807, 2.05) is 51.1 Å². The molecular weight excluding hydrogens is 622 g/mol. The van der Waals surface area contributed by atoms with Gasteiger partial charge in [0.2, 0.25) is 0 Å².